The molecule has 2 nitrogen and oxygen atoms in total. The van der Waals surface area contributed by atoms with Crippen LogP contribution in [0.1, 0.15) is 12.1 Å². The number of aromatic nitrogens is 1. The van der Waals surface area contributed by atoms with Gasteiger partial charge in [0.15, 0.2) is 0 Å². The molecule has 0 radical (unpaired) electrons. The molecule has 3 heteroatoms. The summed E-state index contributed by atoms with van der Waals surface area (Å²) in [7, 11) is 0. The van der Waals surface area contributed by atoms with E-state index in [1.165, 1.54) is 0 Å². The van der Waals surface area contributed by atoms with Crippen molar-refractivity contribution >= 4 is 22.2 Å². The van der Waals surface area contributed by atoms with E-state index in [0.29, 0.717) is 6.42 Å². The van der Waals surface area contributed by atoms with Gasteiger partial charge in [0.25, 0.3) is 0 Å². The maximum Gasteiger partial charge on any atom is 0.120 e. The van der Waals surface area contributed by atoms with Crippen molar-refractivity contribution in [2.45, 2.75) is 12.8 Å². The van der Waals surface area contributed by atoms with Crippen LogP contribution in [0, 0.1) is 0 Å². The van der Waals surface area contributed by atoms with Gasteiger partial charge in [-0.3, -0.25) is 0 Å². The zero-order chi connectivity index (χ0) is 7.40. The van der Waals surface area contributed by atoms with E-state index in [2.05, 4.69) is 20.9 Å². The van der Waals surface area contributed by atoms with Crippen molar-refractivity contribution < 1.29 is 4.79 Å². The van der Waals surface area contributed by atoms with Crippen molar-refractivity contribution in [2.75, 3.05) is 0 Å². The van der Waals surface area contributed by atoms with Crippen LogP contribution in [0.4, 0.5) is 0 Å². The third-order valence-corrected chi connectivity index (χ3v) is 1.70. The summed E-state index contributed by atoms with van der Waals surface area (Å²) in [5, 5.41) is 0. The lowest BCUT2D eigenvalue weighted by Crippen LogP contribution is -1.84. The van der Waals surface area contributed by atoms with Gasteiger partial charge in [-0.25, -0.2) is 0 Å². The molecule has 0 aliphatic carbocycles. The van der Waals surface area contributed by atoms with Gasteiger partial charge >= 0.3 is 0 Å². The molecule has 0 saturated carbocycles. The van der Waals surface area contributed by atoms with Gasteiger partial charge in [-0.1, -0.05) is 0 Å². The number of aldehydes is 1. The van der Waals surface area contributed by atoms with Crippen molar-refractivity contribution in [3.63, 3.8) is 0 Å². The SMILES string of the molecule is O=CCCc1cc(Br)c[nH]1. The van der Waals surface area contributed by atoms with Gasteiger partial charge in [0.05, 0.1) is 0 Å². The van der Waals surface area contributed by atoms with Crippen molar-refractivity contribution in [3.05, 3.63) is 22.4 Å². The number of hydrogen-bond donors (Lipinski definition) is 1. The van der Waals surface area contributed by atoms with Crippen LogP contribution in [0.25, 0.3) is 0 Å². The average molecular weight is 202 g/mol. The fourth-order valence-corrected chi connectivity index (χ4v) is 1.16. The van der Waals surface area contributed by atoms with Crippen LogP contribution >= 0.6 is 15.9 Å². The summed E-state index contributed by atoms with van der Waals surface area (Å²) >= 11 is 3.30. The molecular weight excluding hydrogens is 194 g/mol. The van der Waals surface area contributed by atoms with Gasteiger partial charge in [-0.2, -0.15) is 0 Å². The maximum absolute atomic E-state index is 9.96. The van der Waals surface area contributed by atoms with Crippen LogP contribution in [0.5, 0.6) is 0 Å². The lowest BCUT2D eigenvalue weighted by molar-refractivity contribution is -0.107. The highest BCUT2D eigenvalue weighted by Crippen LogP contribution is 2.11. The van der Waals surface area contributed by atoms with Crippen molar-refractivity contribution in [1.29, 1.82) is 0 Å². The zero-order valence-corrected chi connectivity index (χ0v) is 7.02. The maximum atomic E-state index is 9.96. The third-order valence-electron chi connectivity index (χ3n) is 1.24. The van der Waals surface area contributed by atoms with Crippen LogP contribution in [0.3, 0.4) is 0 Å². The molecule has 1 heterocycles. The van der Waals surface area contributed by atoms with Gasteiger partial charge in [0.1, 0.15) is 6.29 Å². The number of rotatable bonds is 3. The Kier molecular flexibility index (Phi) is 2.68. The molecule has 1 aromatic heterocycles. The highest BCUT2D eigenvalue weighted by atomic mass is 79.9. The van der Waals surface area contributed by atoms with E-state index < -0.39 is 0 Å². The van der Waals surface area contributed by atoms with Crippen molar-refractivity contribution in [2.24, 2.45) is 0 Å². The predicted octanol–water partition coefficient (Wildman–Crippen LogP) is 1.91. The third kappa shape index (κ3) is 1.99. The summed E-state index contributed by atoms with van der Waals surface area (Å²) in [5.41, 5.74) is 1.10. The molecule has 0 spiro atoms. The van der Waals surface area contributed by atoms with Gasteiger partial charge in [-0.05, 0) is 28.4 Å². The molecule has 0 aliphatic rings. The second-order valence-corrected chi connectivity index (χ2v) is 2.96. The monoisotopic (exact) mass is 201 g/mol. The second-order valence-electron chi connectivity index (χ2n) is 2.05. The number of nitrogens with one attached hydrogen (secondary N) is 1. The Morgan fingerprint density at radius 3 is 3.00 bits per heavy atom. The molecule has 0 saturated heterocycles. The Morgan fingerprint density at radius 1 is 1.70 bits per heavy atom. The molecule has 0 bridgehead atoms. The molecule has 0 aromatic carbocycles. The Bertz CT molecular complexity index is 219. The molecule has 1 N–H and O–H groups in total. The smallest absolute Gasteiger partial charge is 0.120 e. The van der Waals surface area contributed by atoms with E-state index in [0.717, 1.165) is 22.9 Å². The van der Waals surface area contributed by atoms with Crippen molar-refractivity contribution in [3.8, 4) is 0 Å². The summed E-state index contributed by atoms with van der Waals surface area (Å²) in [5.74, 6) is 0. The fraction of sp³-hybridized carbons (Fsp3) is 0.286. The molecule has 54 valence electrons. The first-order chi connectivity index (χ1) is 4.83. The first-order valence-corrected chi connectivity index (χ1v) is 3.88. The quantitative estimate of drug-likeness (QED) is 0.746. The molecule has 0 amide bonds. The zero-order valence-electron chi connectivity index (χ0n) is 5.43. The molecule has 0 unspecified atom stereocenters. The summed E-state index contributed by atoms with van der Waals surface area (Å²) in [6.45, 7) is 0. The number of aromatic amines is 1. The van der Waals surface area contributed by atoms with Crippen LogP contribution in [0.15, 0.2) is 16.7 Å². The van der Waals surface area contributed by atoms with Crippen LogP contribution in [0.2, 0.25) is 0 Å². The van der Waals surface area contributed by atoms with Gasteiger partial charge in [0.2, 0.25) is 0 Å². The summed E-state index contributed by atoms with van der Waals surface area (Å²) in [4.78, 5) is 13.0. The molecule has 10 heavy (non-hydrogen) atoms. The number of hydrogen-bond acceptors (Lipinski definition) is 1. The number of halogens is 1. The fourth-order valence-electron chi connectivity index (χ4n) is 0.770. The van der Waals surface area contributed by atoms with E-state index in [9.17, 15) is 4.79 Å². The van der Waals surface area contributed by atoms with Crippen LogP contribution < -0.4 is 0 Å². The minimum atomic E-state index is 0.590. The Morgan fingerprint density at radius 2 is 2.50 bits per heavy atom. The minimum Gasteiger partial charge on any atom is -0.364 e. The molecular formula is C7H8BrNO. The standard InChI is InChI=1S/C7H8BrNO/c8-6-4-7(9-5-6)2-1-3-10/h3-5,9H,1-2H2. The topological polar surface area (TPSA) is 32.9 Å². The average Bonchev–Trinajstić information content (AvgIpc) is 2.31. The van der Waals surface area contributed by atoms with E-state index in [1.54, 1.807) is 0 Å². The van der Waals surface area contributed by atoms with Gasteiger partial charge < -0.3 is 9.78 Å². The summed E-state index contributed by atoms with van der Waals surface area (Å²) in [6.07, 6.45) is 4.18. The normalized spacial score (nSPS) is 9.70. The molecule has 0 aliphatic heterocycles. The number of H-pyrrole nitrogens is 1. The lowest BCUT2D eigenvalue weighted by atomic mass is 10.2. The number of carbonyl (C=O) groups excluding carboxylic acids is 1. The van der Waals surface area contributed by atoms with Crippen LogP contribution in [-0.2, 0) is 11.2 Å². The van der Waals surface area contributed by atoms with E-state index in [-0.39, 0.29) is 0 Å². The number of carbonyl (C=O) groups is 1. The van der Waals surface area contributed by atoms with E-state index in [4.69, 9.17) is 0 Å². The molecule has 0 fully saturated rings. The number of aryl methyl sites for hydroxylation is 1. The van der Waals surface area contributed by atoms with Crippen molar-refractivity contribution in [1.82, 2.24) is 4.98 Å². The lowest BCUT2D eigenvalue weighted by Gasteiger charge is -1.87. The van der Waals surface area contributed by atoms with Gasteiger partial charge in [0, 0.05) is 22.8 Å². The largest absolute Gasteiger partial charge is 0.364 e. The molecule has 0 atom stereocenters. The second kappa shape index (κ2) is 3.56. The Hall–Kier alpha value is -0.570. The minimum absolute atomic E-state index is 0.590. The van der Waals surface area contributed by atoms with Crippen LogP contribution in [-0.4, -0.2) is 11.3 Å². The highest BCUT2D eigenvalue weighted by molar-refractivity contribution is 9.10. The Labute approximate surface area is 67.8 Å². The highest BCUT2D eigenvalue weighted by Gasteiger charge is 1.94. The molecule has 1 rings (SSSR count). The summed E-state index contributed by atoms with van der Waals surface area (Å²) in [6, 6.07) is 1.98. The molecule has 1 aromatic rings. The predicted molar refractivity (Wildman–Crippen MR) is 42.9 cm³/mol. The Balaban J connectivity index is 2.49. The summed E-state index contributed by atoms with van der Waals surface area (Å²) < 4.78 is 1.04. The first kappa shape index (κ1) is 7.54. The first-order valence-electron chi connectivity index (χ1n) is 3.09. The van der Waals surface area contributed by atoms with E-state index >= 15 is 0 Å². The van der Waals surface area contributed by atoms with E-state index in [1.807, 2.05) is 12.3 Å². The van der Waals surface area contributed by atoms with Gasteiger partial charge in [-0.15, -0.1) is 0 Å².